The Morgan fingerprint density at radius 3 is 2.41 bits per heavy atom. The van der Waals surface area contributed by atoms with Crippen molar-refractivity contribution in [1.82, 2.24) is 4.98 Å². The summed E-state index contributed by atoms with van der Waals surface area (Å²) in [4.78, 5) is 4.54. The van der Waals surface area contributed by atoms with Crippen LogP contribution >= 0.6 is 0 Å². The van der Waals surface area contributed by atoms with E-state index in [0.717, 1.165) is 11.8 Å². The third-order valence-electron chi connectivity index (χ3n) is 2.65. The first-order valence-electron chi connectivity index (χ1n) is 6.53. The topological polar surface area (TPSA) is 12.9 Å². The third-order valence-corrected chi connectivity index (χ3v) is 2.65. The van der Waals surface area contributed by atoms with E-state index in [-0.39, 0.29) is 5.41 Å². The summed E-state index contributed by atoms with van der Waals surface area (Å²) >= 11 is 0. The molecule has 0 aliphatic rings. The highest BCUT2D eigenvalue weighted by Gasteiger charge is 2.07. The van der Waals surface area contributed by atoms with Crippen LogP contribution < -0.4 is 10.6 Å². The Morgan fingerprint density at radius 1 is 1.29 bits per heavy atom. The summed E-state index contributed by atoms with van der Waals surface area (Å²) < 4.78 is 0. The van der Waals surface area contributed by atoms with Crippen molar-refractivity contribution >= 4 is 12.2 Å². The zero-order valence-electron chi connectivity index (χ0n) is 12.0. The Bertz CT molecular complexity index is 475. The molecule has 1 nitrogen and oxygen atoms in total. The molecule has 0 amide bonds. The SMILES string of the molecule is CC/C=c1/c(C(C)C)ccn/c1=C/C(C)(C)C. The van der Waals surface area contributed by atoms with Gasteiger partial charge in [-0.3, -0.25) is 4.98 Å². The quantitative estimate of drug-likeness (QED) is 0.761. The second kappa shape index (κ2) is 5.48. The smallest absolute Gasteiger partial charge is 0.0667 e. The van der Waals surface area contributed by atoms with E-state index in [1.165, 1.54) is 10.8 Å². The van der Waals surface area contributed by atoms with Crippen molar-refractivity contribution in [2.75, 3.05) is 0 Å². The number of nitrogens with zero attached hydrogens (tertiary/aromatic N) is 1. The summed E-state index contributed by atoms with van der Waals surface area (Å²) in [6, 6.07) is 2.14. The van der Waals surface area contributed by atoms with Gasteiger partial charge in [-0.1, -0.05) is 53.7 Å². The molecule has 17 heavy (non-hydrogen) atoms. The van der Waals surface area contributed by atoms with Crippen LogP contribution in [0.3, 0.4) is 0 Å². The van der Waals surface area contributed by atoms with Crippen LogP contribution in [0.15, 0.2) is 12.3 Å². The van der Waals surface area contributed by atoms with E-state index in [1.54, 1.807) is 0 Å². The van der Waals surface area contributed by atoms with Gasteiger partial charge < -0.3 is 0 Å². The van der Waals surface area contributed by atoms with Crippen LogP contribution in [-0.4, -0.2) is 4.98 Å². The molecule has 0 aliphatic carbocycles. The van der Waals surface area contributed by atoms with Gasteiger partial charge in [0, 0.05) is 6.20 Å². The lowest BCUT2D eigenvalue weighted by molar-refractivity contribution is 0.582. The van der Waals surface area contributed by atoms with Gasteiger partial charge in [-0.15, -0.1) is 0 Å². The standard InChI is InChI=1S/C16H25N/c1-7-8-14-13(12(2)3)9-10-17-15(14)11-16(4,5)6/h8-12H,7H2,1-6H3/b14-8-,15-11+. The molecule has 1 heterocycles. The van der Waals surface area contributed by atoms with Gasteiger partial charge in [0.15, 0.2) is 0 Å². The fourth-order valence-corrected chi connectivity index (χ4v) is 1.96. The van der Waals surface area contributed by atoms with E-state index >= 15 is 0 Å². The number of hydrogen-bond donors (Lipinski definition) is 0. The van der Waals surface area contributed by atoms with Crippen LogP contribution in [0.5, 0.6) is 0 Å². The van der Waals surface area contributed by atoms with Gasteiger partial charge in [0.1, 0.15) is 0 Å². The van der Waals surface area contributed by atoms with Gasteiger partial charge in [-0.05, 0) is 34.6 Å². The number of rotatable bonds is 2. The van der Waals surface area contributed by atoms with E-state index in [9.17, 15) is 0 Å². The average Bonchev–Trinajstić information content (AvgIpc) is 2.18. The molecule has 0 radical (unpaired) electrons. The average molecular weight is 231 g/mol. The summed E-state index contributed by atoms with van der Waals surface area (Å²) in [5.41, 5.74) is 1.57. The molecule has 1 aromatic rings. The van der Waals surface area contributed by atoms with Crippen LogP contribution in [0, 0.1) is 5.41 Å². The zero-order valence-corrected chi connectivity index (χ0v) is 12.0. The number of aromatic nitrogens is 1. The van der Waals surface area contributed by atoms with Crippen molar-refractivity contribution < 1.29 is 0 Å². The molecule has 0 aliphatic heterocycles. The van der Waals surface area contributed by atoms with Crippen molar-refractivity contribution in [2.45, 2.75) is 53.9 Å². The molecule has 0 saturated heterocycles. The fourth-order valence-electron chi connectivity index (χ4n) is 1.96. The summed E-state index contributed by atoms with van der Waals surface area (Å²) in [6.07, 6.45) is 7.54. The highest BCUT2D eigenvalue weighted by molar-refractivity contribution is 5.36. The van der Waals surface area contributed by atoms with Crippen molar-refractivity contribution in [3.8, 4) is 0 Å². The Labute approximate surface area is 105 Å². The van der Waals surface area contributed by atoms with Crippen molar-refractivity contribution in [2.24, 2.45) is 5.41 Å². The van der Waals surface area contributed by atoms with Crippen LogP contribution in [0.2, 0.25) is 0 Å². The molecular weight excluding hydrogens is 206 g/mol. The Hall–Kier alpha value is -1.11. The summed E-state index contributed by atoms with van der Waals surface area (Å²) in [5, 5.41) is 2.45. The predicted octanol–water partition coefficient (Wildman–Crippen LogP) is 3.22. The molecule has 0 unspecified atom stereocenters. The van der Waals surface area contributed by atoms with E-state index in [0.29, 0.717) is 5.92 Å². The maximum Gasteiger partial charge on any atom is 0.0667 e. The highest BCUT2D eigenvalue weighted by atomic mass is 14.6. The first-order chi connectivity index (χ1) is 7.85. The largest absolute Gasteiger partial charge is 0.257 e. The minimum Gasteiger partial charge on any atom is -0.257 e. The molecular formula is C16H25N. The molecule has 0 spiro atoms. The Morgan fingerprint density at radius 2 is 1.94 bits per heavy atom. The summed E-state index contributed by atoms with van der Waals surface area (Å²) in [6.45, 7) is 13.3. The zero-order chi connectivity index (χ0) is 13.1. The second-order valence-electron chi connectivity index (χ2n) is 5.98. The van der Waals surface area contributed by atoms with Gasteiger partial charge in [0.2, 0.25) is 0 Å². The Kier molecular flexibility index (Phi) is 4.50. The van der Waals surface area contributed by atoms with Gasteiger partial charge in [-0.2, -0.15) is 0 Å². The second-order valence-corrected chi connectivity index (χ2v) is 5.98. The minimum absolute atomic E-state index is 0.166. The molecule has 94 valence electrons. The van der Waals surface area contributed by atoms with Gasteiger partial charge >= 0.3 is 0 Å². The fraction of sp³-hybridized carbons (Fsp3) is 0.562. The molecule has 0 N–H and O–H groups in total. The van der Waals surface area contributed by atoms with Crippen LogP contribution in [0.25, 0.3) is 12.2 Å². The monoisotopic (exact) mass is 231 g/mol. The molecule has 0 aromatic carbocycles. The lowest BCUT2D eigenvalue weighted by Gasteiger charge is -2.12. The molecule has 0 atom stereocenters. The van der Waals surface area contributed by atoms with Crippen LogP contribution in [-0.2, 0) is 0 Å². The van der Waals surface area contributed by atoms with Crippen molar-refractivity contribution in [1.29, 1.82) is 0 Å². The molecule has 0 bridgehead atoms. The highest BCUT2D eigenvalue weighted by Crippen LogP contribution is 2.14. The van der Waals surface area contributed by atoms with E-state index in [1.807, 2.05) is 6.20 Å². The van der Waals surface area contributed by atoms with E-state index in [4.69, 9.17) is 0 Å². The van der Waals surface area contributed by atoms with E-state index in [2.05, 4.69) is 64.7 Å². The number of hydrogen-bond acceptors (Lipinski definition) is 1. The van der Waals surface area contributed by atoms with Crippen LogP contribution in [0.4, 0.5) is 0 Å². The third kappa shape index (κ3) is 3.99. The molecule has 1 rings (SSSR count). The maximum absolute atomic E-state index is 4.54. The predicted molar refractivity (Wildman–Crippen MR) is 76.3 cm³/mol. The molecule has 1 aromatic heterocycles. The van der Waals surface area contributed by atoms with E-state index < -0.39 is 0 Å². The lowest BCUT2D eigenvalue weighted by Crippen LogP contribution is -2.33. The van der Waals surface area contributed by atoms with Crippen LogP contribution in [0.1, 0.15) is 59.4 Å². The summed E-state index contributed by atoms with van der Waals surface area (Å²) in [5.74, 6) is 0.544. The number of pyridine rings is 1. The first-order valence-corrected chi connectivity index (χ1v) is 6.53. The Balaban J connectivity index is 3.58. The maximum atomic E-state index is 4.54. The van der Waals surface area contributed by atoms with Crippen molar-refractivity contribution in [3.05, 3.63) is 28.4 Å². The normalized spacial score (nSPS) is 14.8. The molecule has 0 saturated carbocycles. The molecule has 0 fully saturated rings. The summed E-state index contributed by atoms with van der Waals surface area (Å²) in [7, 11) is 0. The minimum atomic E-state index is 0.166. The van der Waals surface area contributed by atoms with Gasteiger partial charge in [0.25, 0.3) is 0 Å². The van der Waals surface area contributed by atoms with Gasteiger partial charge in [0.05, 0.1) is 5.35 Å². The molecule has 1 heteroatoms. The van der Waals surface area contributed by atoms with Crippen molar-refractivity contribution in [3.63, 3.8) is 0 Å². The first kappa shape index (κ1) is 14.0. The lowest BCUT2D eigenvalue weighted by atomic mass is 9.94. The van der Waals surface area contributed by atoms with Gasteiger partial charge in [-0.25, -0.2) is 0 Å².